The largest absolute Gasteiger partial charge is 0.456 e. The normalized spacial score (nSPS) is 11.7. The summed E-state index contributed by atoms with van der Waals surface area (Å²) in [6, 6.07) is 74.7. The maximum atomic E-state index is 6.36. The summed E-state index contributed by atoms with van der Waals surface area (Å²) < 4.78 is 15.0. The number of benzene rings is 9. The van der Waals surface area contributed by atoms with Crippen LogP contribution in [0.3, 0.4) is 0 Å². The number of aromatic nitrogens is 2. The van der Waals surface area contributed by atoms with Gasteiger partial charge in [0.1, 0.15) is 16.7 Å². The van der Waals surface area contributed by atoms with Crippen molar-refractivity contribution in [1.82, 2.24) is 9.55 Å². The molecular formula is C55H35N3O2. The van der Waals surface area contributed by atoms with E-state index in [0.717, 1.165) is 83.6 Å². The van der Waals surface area contributed by atoms with Gasteiger partial charge in [-0.25, -0.2) is 4.98 Å². The number of para-hydroxylation sites is 2. The number of hydrogen-bond acceptors (Lipinski definition) is 4. The molecule has 0 radical (unpaired) electrons. The van der Waals surface area contributed by atoms with Crippen molar-refractivity contribution in [3.05, 3.63) is 212 Å². The fraction of sp³-hybridized carbons (Fsp3) is 0. The highest BCUT2D eigenvalue weighted by molar-refractivity contribution is 6.18. The van der Waals surface area contributed by atoms with Crippen molar-refractivity contribution in [2.75, 3.05) is 4.90 Å². The van der Waals surface area contributed by atoms with Crippen LogP contribution in [0.4, 0.5) is 17.1 Å². The van der Waals surface area contributed by atoms with Gasteiger partial charge in [0.25, 0.3) is 0 Å². The zero-order valence-corrected chi connectivity index (χ0v) is 32.4. The smallest absolute Gasteiger partial charge is 0.227 e. The molecule has 60 heavy (non-hydrogen) atoms. The Morgan fingerprint density at radius 2 is 1.00 bits per heavy atom. The summed E-state index contributed by atoms with van der Waals surface area (Å²) >= 11 is 0. The molecule has 0 spiro atoms. The van der Waals surface area contributed by atoms with Crippen LogP contribution in [0.25, 0.3) is 94.2 Å². The lowest BCUT2D eigenvalue weighted by Gasteiger charge is -2.27. The molecule has 0 N–H and O–H groups in total. The molecule has 12 rings (SSSR count). The molecule has 0 aliphatic heterocycles. The topological polar surface area (TPSA) is 47.3 Å². The second kappa shape index (κ2) is 13.8. The Hall–Kier alpha value is -8.15. The summed E-state index contributed by atoms with van der Waals surface area (Å²) in [5.41, 5.74) is 15.3. The Kier molecular flexibility index (Phi) is 7.78. The van der Waals surface area contributed by atoms with Gasteiger partial charge >= 0.3 is 0 Å². The second-order valence-corrected chi connectivity index (χ2v) is 15.1. The van der Waals surface area contributed by atoms with Gasteiger partial charge in [-0.2, -0.15) is 0 Å². The molecule has 0 bridgehead atoms. The predicted molar refractivity (Wildman–Crippen MR) is 247 cm³/mol. The number of furan rings is 1. The van der Waals surface area contributed by atoms with Crippen molar-refractivity contribution in [1.29, 1.82) is 0 Å². The van der Waals surface area contributed by atoms with Crippen molar-refractivity contribution >= 4 is 71.9 Å². The number of rotatable bonds is 7. The Morgan fingerprint density at radius 3 is 1.82 bits per heavy atom. The summed E-state index contributed by atoms with van der Waals surface area (Å²) in [5.74, 6) is 0.596. The summed E-state index contributed by atoms with van der Waals surface area (Å²) in [5, 5.41) is 4.36. The molecule has 0 saturated heterocycles. The molecule has 3 heterocycles. The van der Waals surface area contributed by atoms with Crippen LogP contribution < -0.4 is 4.90 Å². The molecule has 0 aliphatic rings. The molecule has 0 saturated carbocycles. The first-order valence-electron chi connectivity index (χ1n) is 20.2. The fourth-order valence-corrected chi connectivity index (χ4v) is 8.86. The first kappa shape index (κ1) is 33.9. The van der Waals surface area contributed by atoms with Crippen molar-refractivity contribution < 1.29 is 8.83 Å². The molecule has 5 nitrogen and oxygen atoms in total. The number of fused-ring (bicyclic) bond motifs is 8. The van der Waals surface area contributed by atoms with Crippen LogP contribution in [0.15, 0.2) is 221 Å². The van der Waals surface area contributed by atoms with Gasteiger partial charge in [0.2, 0.25) is 5.89 Å². The lowest BCUT2D eigenvalue weighted by molar-refractivity contribution is 0.619. The Morgan fingerprint density at radius 1 is 0.383 bits per heavy atom. The minimum absolute atomic E-state index is 0.596. The highest BCUT2D eigenvalue weighted by atomic mass is 16.4. The molecule has 5 heteroatoms. The van der Waals surface area contributed by atoms with Crippen molar-refractivity contribution in [3.8, 4) is 39.4 Å². The van der Waals surface area contributed by atoms with E-state index in [2.05, 4.69) is 179 Å². The number of anilines is 3. The highest BCUT2D eigenvalue weighted by Gasteiger charge is 2.22. The van der Waals surface area contributed by atoms with E-state index in [-0.39, 0.29) is 0 Å². The molecule has 3 aromatic heterocycles. The van der Waals surface area contributed by atoms with E-state index < -0.39 is 0 Å². The lowest BCUT2D eigenvalue weighted by Crippen LogP contribution is -2.10. The Bertz CT molecular complexity index is 3530. The zero-order chi connectivity index (χ0) is 39.6. The van der Waals surface area contributed by atoms with E-state index in [4.69, 9.17) is 13.8 Å². The SMILES string of the molecule is c1ccc(-c2cccc(N(c3ccc(-c4ccc5oc6ccc7oc(-c8ccccc8)nc7c6c5c4)cc3)c3cccc4c3c3ccccc3n4-c3ccccc3)c2)cc1. The summed E-state index contributed by atoms with van der Waals surface area (Å²) in [6.45, 7) is 0. The zero-order valence-electron chi connectivity index (χ0n) is 32.4. The predicted octanol–water partition coefficient (Wildman–Crippen LogP) is 15.3. The van der Waals surface area contributed by atoms with Crippen molar-refractivity contribution in [2.45, 2.75) is 0 Å². The van der Waals surface area contributed by atoms with Gasteiger partial charge in [-0.05, 0) is 113 Å². The molecule has 0 atom stereocenters. The van der Waals surface area contributed by atoms with Crippen molar-refractivity contribution in [2.24, 2.45) is 0 Å². The van der Waals surface area contributed by atoms with E-state index in [1.807, 2.05) is 42.5 Å². The third-order valence-corrected chi connectivity index (χ3v) is 11.6. The monoisotopic (exact) mass is 769 g/mol. The lowest BCUT2D eigenvalue weighted by atomic mass is 10.0. The van der Waals surface area contributed by atoms with E-state index in [1.165, 1.54) is 21.9 Å². The number of oxazole rings is 1. The van der Waals surface area contributed by atoms with E-state index in [1.54, 1.807) is 0 Å². The van der Waals surface area contributed by atoms with Gasteiger partial charge in [0.05, 0.1) is 22.1 Å². The third kappa shape index (κ3) is 5.52. The van der Waals surface area contributed by atoms with Crippen LogP contribution in [-0.2, 0) is 0 Å². The molecule has 12 aromatic rings. The molecule has 0 unspecified atom stereocenters. The van der Waals surface area contributed by atoms with Crippen LogP contribution in [-0.4, -0.2) is 9.55 Å². The molecule has 282 valence electrons. The molecule has 9 aromatic carbocycles. The number of hydrogen-bond donors (Lipinski definition) is 0. The highest BCUT2D eigenvalue weighted by Crippen LogP contribution is 2.45. The van der Waals surface area contributed by atoms with Crippen LogP contribution in [0, 0.1) is 0 Å². The quantitative estimate of drug-likeness (QED) is 0.162. The Labute approximate surface area is 345 Å². The number of nitrogens with zero attached hydrogens (tertiary/aromatic N) is 3. The van der Waals surface area contributed by atoms with Gasteiger partial charge in [-0.15, -0.1) is 0 Å². The minimum Gasteiger partial charge on any atom is -0.456 e. The molecular weight excluding hydrogens is 735 g/mol. The van der Waals surface area contributed by atoms with Gasteiger partial charge in [-0.3, -0.25) is 0 Å². The van der Waals surface area contributed by atoms with Gasteiger partial charge < -0.3 is 18.3 Å². The van der Waals surface area contributed by atoms with Crippen LogP contribution >= 0.6 is 0 Å². The first-order chi connectivity index (χ1) is 29.7. The maximum Gasteiger partial charge on any atom is 0.227 e. The van der Waals surface area contributed by atoms with Gasteiger partial charge in [0.15, 0.2) is 5.58 Å². The van der Waals surface area contributed by atoms with E-state index in [9.17, 15) is 0 Å². The molecule has 0 amide bonds. The van der Waals surface area contributed by atoms with Gasteiger partial charge in [0, 0.05) is 38.8 Å². The fourth-order valence-electron chi connectivity index (χ4n) is 8.86. The average molecular weight is 770 g/mol. The standard InChI is InChI=1S/C55H35N3O2/c1-4-14-36(15-5-1)39-18-12-21-43(34-39)57(47-24-13-25-48-52(47)44-22-10-11-23-46(44)58(48)41-19-8-3-9-20-41)42-29-26-37(27-30-42)40-28-31-49-45(35-40)53-50(59-49)32-33-51-54(53)56-55(60-51)38-16-6-2-7-17-38/h1-35H. The molecule has 0 fully saturated rings. The van der Waals surface area contributed by atoms with Gasteiger partial charge in [-0.1, -0.05) is 121 Å². The minimum atomic E-state index is 0.596. The third-order valence-electron chi connectivity index (χ3n) is 11.6. The maximum absolute atomic E-state index is 6.36. The average Bonchev–Trinajstić information content (AvgIpc) is 4.02. The van der Waals surface area contributed by atoms with Crippen LogP contribution in [0.2, 0.25) is 0 Å². The summed E-state index contributed by atoms with van der Waals surface area (Å²) in [6.07, 6.45) is 0. The Balaban J connectivity index is 1.02. The van der Waals surface area contributed by atoms with E-state index in [0.29, 0.717) is 5.89 Å². The summed E-state index contributed by atoms with van der Waals surface area (Å²) in [4.78, 5) is 7.38. The van der Waals surface area contributed by atoms with Crippen molar-refractivity contribution in [3.63, 3.8) is 0 Å². The first-order valence-corrected chi connectivity index (χ1v) is 20.2. The second-order valence-electron chi connectivity index (χ2n) is 15.1. The van der Waals surface area contributed by atoms with E-state index >= 15 is 0 Å². The summed E-state index contributed by atoms with van der Waals surface area (Å²) in [7, 11) is 0. The van der Waals surface area contributed by atoms with Crippen LogP contribution in [0.1, 0.15) is 0 Å². The van der Waals surface area contributed by atoms with Crippen LogP contribution in [0.5, 0.6) is 0 Å². The molecule has 0 aliphatic carbocycles.